The lowest BCUT2D eigenvalue weighted by atomic mass is 10.0. The van der Waals surface area contributed by atoms with Crippen LogP contribution < -0.4 is 10.6 Å². The van der Waals surface area contributed by atoms with Gasteiger partial charge in [-0.3, -0.25) is 0 Å². The van der Waals surface area contributed by atoms with E-state index in [1.807, 2.05) is 60.7 Å². The van der Waals surface area contributed by atoms with Crippen molar-refractivity contribution < 1.29 is 26.3 Å². The maximum atomic E-state index is 14.0. The summed E-state index contributed by atoms with van der Waals surface area (Å²) in [6, 6.07) is 32.7. The first-order chi connectivity index (χ1) is 19.1. The average molecular weight is 565 g/mol. The number of alkyl halides is 6. The summed E-state index contributed by atoms with van der Waals surface area (Å²) in [5.74, 6) is 0. The predicted molar refractivity (Wildman–Crippen MR) is 148 cm³/mol. The Hall–Kier alpha value is -3.96. The van der Waals surface area contributed by atoms with E-state index in [1.165, 1.54) is 24.3 Å². The third kappa shape index (κ3) is 6.43. The molecule has 0 bridgehead atoms. The minimum atomic E-state index is -4.59. The van der Waals surface area contributed by atoms with Crippen LogP contribution in [0.3, 0.4) is 0 Å². The first-order valence-electron chi connectivity index (χ1n) is 12.3. The molecule has 0 amide bonds. The normalized spacial score (nSPS) is 12.1. The van der Waals surface area contributed by atoms with Crippen LogP contribution >= 0.6 is 7.92 Å². The van der Waals surface area contributed by atoms with E-state index in [-0.39, 0.29) is 22.5 Å². The fraction of sp³-hybridized carbons (Fsp3) is 0.0938. The molecule has 0 saturated carbocycles. The summed E-state index contributed by atoms with van der Waals surface area (Å²) in [7, 11) is -1.01. The van der Waals surface area contributed by atoms with Crippen molar-refractivity contribution in [2.75, 3.05) is 0 Å². The first kappa shape index (κ1) is 27.6. The van der Waals surface area contributed by atoms with Crippen LogP contribution in [0.5, 0.6) is 0 Å². The molecule has 0 saturated heterocycles. The number of rotatable bonds is 6. The van der Waals surface area contributed by atoms with Gasteiger partial charge in [-0.2, -0.15) is 26.3 Å². The van der Waals surface area contributed by atoms with Gasteiger partial charge in [0.25, 0.3) is 0 Å². The van der Waals surface area contributed by atoms with Gasteiger partial charge in [-0.15, -0.1) is 0 Å². The zero-order chi connectivity index (χ0) is 28.3. The summed E-state index contributed by atoms with van der Waals surface area (Å²) in [4.78, 5) is 4.47. The molecule has 40 heavy (non-hydrogen) atoms. The molecule has 0 spiro atoms. The van der Waals surface area contributed by atoms with Crippen molar-refractivity contribution in [2.45, 2.75) is 18.5 Å². The number of hydrogen-bond donors (Lipinski definition) is 0. The molecule has 1 heterocycles. The highest BCUT2D eigenvalue weighted by Gasteiger charge is 2.32. The van der Waals surface area contributed by atoms with E-state index in [4.69, 9.17) is 0 Å². The van der Waals surface area contributed by atoms with Crippen LogP contribution in [0.4, 0.5) is 26.3 Å². The third-order valence-electron chi connectivity index (χ3n) is 6.33. The minimum absolute atomic E-state index is 0.223. The van der Waals surface area contributed by atoms with Gasteiger partial charge in [-0.25, -0.2) is 4.98 Å². The lowest BCUT2D eigenvalue weighted by molar-refractivity contribution is -0.138. The molecule has 8 heteroatoms. The van der Waals surface area contributed by atoms with E-state index in [2.05, 4.69) is 4.98 Å². The van der Waals surface area contributed by atoms with Crippen molar-refractivity contribution in [3.63, 3.8) is 0 Å². The lowest BCUT2D eigenvalue weighted by Crippen LogP contribution is -2.13. The Labute approximate surface area is 228 Å². The molecular formula is C32H22F6NP. The molecule has 0 radical (unpaired) electrons. The number of nitrogens with zero attached hydrogens (tertiary/aromatic N) is 1. The SMILES string of the molecule is FC(F)(F)c1cccc(-c2cccc(-c3cc(CP(c4ccccc4)c4ccccc4)cc(C(F)(F)F)c3)n2)c1. The number of aromatic nitrogens is 1. The van der Waals surface area contributed by atoms with Crippen LogP contribution in [-0.4, -0.2) is 4.98 Å². The summed E-state index contributed by atoms with van der Waals surface area (Å²) in [5.41, 5.74) is -0.189. The maximum absolute atomic E-state index is 14.0. The summed E-state index contributed by atoms with van der Waals surface area (Å²) < 4.78 is 81.8. The van der Waals surface area contributed by atoms with Gasteiger partial charge in [-0.05, 0) is 66.6 Å². The van der Waals surface area contributed by atoms with Crippen molar-refractivity contribution in [3.05, 3.63) is 138 Å². The van der Waals surface area contributed by atoms with Crippen molar-refractivity contribution >= 4 is 18.5 Å². The predicted octanol–water partition coefficient (Wildman–Crippen LogP) is 9.09. The van der Waals surface area contributed by atoms with Crippen LogP contribution in [-0.2, 0) is 18.5 Å². The molecule has 1 aromatic heterocycles. The van der Waals surface area contributed by atoms with Crippen LogP contribution in [0.2, 0.25) is 0 Å². The Kier molecular flexibility index (Phi) is 7.77. The quantitative estimate of drug-likeness (QED) is 0.148. The molecule has 0 fully saturated rings. The molecule has 5 aromatic rings. The average Bonchev–Trinajstić information content (AvgIpc) is 2.96. The zero-order valence-corrected chi connectivity index (χ0v) is 21.8. The molecular weight excluding hydrogens is 543 g/mol. The second kappa shape index (κ2) is 11.3. The molecule has 0 atom stereocenters. The Morgan fingerprint density at radius 3 is 1.60 bits per heavy atom. The van der Waals surface area contributed by atoms with Crippen LogP contribution in [0.1, 0.15) is 16.7 Å². The van der Waals surface area contributed by atoms with Gasteiger partial charge < -0.3 is 0 Å². The maximum Gasteiger partial charge on any atom is 0.416 e. The van der Waals surface area contributed by atoms with Crippen LogP contribution in [0, 0.1) is 0 Å². The van der Waals surface area contributed by atoms with Crippen LogP contribution in [0.15, 0.2) is 121 Å². The van der Waals surface area contributed by atoms with Gasteiger partial charge in [-0.1, -0.05) is 78.9 Å². The van der Waals surface area contributed by atoms with E-state index >= 15 is 0 Å². The summed E-state index contributed by atoms with van der Waals surface area (Å²) in [6.45, 7) is 0. The third-order valence-corrected chi connectivity index (χ3v) is 8.85. The highest BCUT2D eigenvalue weighted by Crippen LogP contribution is 2.41. The van der Waals surface area contributed by atoms with Gasteiger partial charge >= 0.3 is 12.4 Å². The van der Waals surface area contributed by atoms with Crippen molar-refractivity contribution in [1.29, 1.82) is 0 Å². The second-order valence-corrected chi connectivity index (χ2v) is 11.4. The van der Waals surface area contributed by atoms with Gasteiger partial charge in [0, 0.05) is 17.3 Å². The molecule has 0 aliphatic heterocycles. The van der Waals surface area contributed by atoms with Gasteiger partial charge in [0.2, 0.25) is 0 Å². The minimum Gasteiger partial charge on any atom is -0.248 e. The highest BCUT2D eigenvalue weighted by atomic mass is 31.1. The topological polar surface area (TPSA) is 12.9 Å². The number of hydrogen-bond acceptors (Lipinski definition) is 1. The standard InChI is InChI=1S/C32H22F6NP/c33-31(34,35)25-10-7-9-23(19-25)29-15-8-16-30(39-29)24-17-22(18-26(20-24)32(36,37)38)21-40(27-11-3-1-4-12-27)28-13-5-2-6-14-28/h1-20H,21H2. The van der Waals surface area contributed by atoms with Gasteiger partial charge in [0.05, 0.1) is 22.5 Å². The summed E-state index contributed by atoms with van der Waals surface area (Å²) in [5, 5.41) is 2.07. The van der Waals surface area contributed by atoms with E-state index in [9.17, 15) is 26.3 Å². The Bertz CT molecular complexity index is 1560. The molecule has 0 aliphatic carbocycles. The molecule has 0 unspecified atom stereocenters. The Morgan fingerprint density at radius 1 is 0.500 bits per heavy atom. The van der Waals surface area contributed by atoms with Gasteiger partial charge in [0.15, 0.2) is 0 Å². The fourth-order valence-corrected chi connectivity index (χ4v) is 6.71. The van der Waals surface area contributed by atoms with E-state index < -0.39 is 31.4 Å². The van der Waals surface area contributed by atoms with Crippen molar-refractivity contribution in [3.8, 4) is 22.5 Å². The number of pyridine rings is 1. The molecule has 0 aliphatic rings. The van der Waals surface area contributed by atoms with Crippen LogP contribution in [0.25, 0.3) is 22.5 Å². The van der Waals surface area contributed by atoms with E-state index in [1.54, 1.807) is 18.2 Å². The fourth-order valence-electron chi connectivity index (χ4n) is 4.44. The Morgan fingerprint density at radius 2 is 1.02 bits per heavy atom. The van der Waals surface area contributed by atoms with Crippen molar-refractivity contribution in [2.24, 2.45) is 0 Å². The number of benzene rings is 4. The lowest BCUT2D eigenvalue weighted by Gasteiger charge is -2.20. The Balaban J connectivity index is 1.58. The largest absolute Gasteiger partial charge is 0.416 e. The summed E-state index contributed by atoms with van der Waals surface area (Å²) >= 11 is 0. The molecule has 1 nitrogen and oxygen atoms in total. The number of halogens is 6. The smallest absolute Gasteiger partial charge is 0.248 e. The molecule has 5 rings (SSSR count). The zero-order valence-electron chi connectivity index (χ0n) is 20.9. The molecule has 202 valence electrons. The van der Waals surface area contributed by atoms with Gasteiger partial charge in [0.1, 0.15) is 0 Å². The monoisotopic (exact) mass is 565 g/mol. The molecule has 0 N–H and O–H groups in total. The highest BCUT2D eigenvalue weighted by molar-refractivity contribution is 7.72. The second-order valence-electron chi connectivity index (χ2n) is 9.16. The molecule has 4 aromatic carbocycles. The summed E-state index contributed by atoms with van der Waals surface area (Å²) in [6.07, 6.45) is -8.75. The van der Waals surface area contributed by atoms with E-state index in [0.717, 1.165) is 28.8 Å². The first-order valence-corrected chi connectivity index (χ1v) is 13.8. The van der Waals surface area contributed by atoms with Crippen molar-refractivity contribution in [1.82, 2.24) is 4.98 Å². The van der Waals surface area contributed by atoms with E-state index in [0.29, 0.717) is 11.7 Å².